The van der Waals surface area contributed by atoms with Crippen molar-refractivity contribution in [1.82, 2.24) is 10.2 Å². The quantitative estimate of drug-likeness (QED) is 0.696. The molecule has 1 aliphatic carbocycles. The van der Waals surface area contributed by atoms with E-state index in [1.165, 1.54) is 20.0 Å². The Balaban J connectivity index is 2.16. The summed E-state index contributed by atoms with van der Waals surface area (Å²) in [6.07, 6.45) is 3.42. The van der Waals surface area contributed by atoms with Crippen LogP contribution in [-0.4, -0.2) is 23.3 Å². The number of nitrogens with zero attached hydrogens (tertiary/aromatic N) is 2. The van der Waals surface area contributed by atoms with Crippen molar-refractivity contribution in [3.63, 3.8) is 0 Å². The molecule has 1 fully saturated rings. The van der Waals surface area contributed by atoms with E-state index >= 15 is 0 Å². The standard InChI is InChI=1S/C10H14N2O3/c1-6-4-3-5-7(6)8-11-12-9(15-8)10(13)14-2/h6-7H,3-5H2,1-2H3. The second-order valence-corrected chi connectivity index (χ2v) is 3.95. The molecule has 1 aromatic rings. The number of esters is 1. The van der Waals surface area contributed by atoms with Crippen LogP contribution in [0.5, 0.6) is 0 Å². The van der Waals surface area contributed by atoms with Gasteiger partial charge in [-0.1, -0.05) is 13.3 Å². The Morgan fingerprint density at radius 1 is 1.47 bits per heavy atom. The second-order valence-electron chi connectivity index (χ2n) is 3.95. The van der Waals surface area contributed by atoms with Crippen LogP contribution < -0.4 is 0 Å². The van der Waals surface area contributed by atoms with E-state index in [0.717, 1.165) is 6.42 Å². The number of carbonyl (C=O) groups is 1. The van der Waals surface area contributed by atoms with Crippen LogP contribution in [0.4, 0.5) is 0 Å². The van der Waals surface area contributed by atoms with Gasteiger partial charge >= 0.3 is 11.9 Å². The summed E-state index contributed by atoms with van der Waals surface area (Å²) in [4.78, 5) is 11.1. The van der Waals surface area contributed by atoms with Gasteiger partial charge in [-0.05, 0) is 18.8 Å². The highest BCUT2D eigenvalue weighted by Crippen LogP contribution is 2.38. The Kier molecular flexibility index (Phi) is 2.70. The fourth-order valence-electron chi connectivity index (χ4n) is 2.07. The first-order chi connectivity index (χ1) is 7.22. The van der Waals surface area contributed by atoms with Gasteiger partial charge in [0.15, 0.2) is 0 Å². The molecule has 82 valence electrons. The fraction of sp³-hybridized carbons (Fsp3) is 0.700. The molecule has 0 aromatic carbocycles. The lowest BCUT2D eigenvalue weighted by atomic mass is 9.98. The summed E-state index contributed by atoms with van der Waals surface area (Å²) < 4.78 is 9.80. The zero-order valence-corrected chi connectivity index (χ0v) is 8.90. The fourth-order valence-corrected chi connectivity index (χ4v) is 2.07. The van der Waals surface area contributed by atoms with Gasteiger partial charge in [-0.25, -0.2) is 4.79 Å². The Morgan fingerprint density at radius 2 is 2.27 bits per heavy atom. The molecular formula is C10H14N2O3. The lowest BCUT2D eigenvalue weighted by Gasteiger charge is -2.08. The molecule has 0 radical (unpaired) electrons. The highest BCUT2D eigenvalue weighted by molar-refractivity contribution is 5.83. The third-order valence-corrected chi connectivity index (χ3v) is 2.98. The molecule has 0 amide bonds. The van der Waals surface area contributed by atoms with Crippen molar-refractivity contribution in [3.8, 4) is 0 Å². The number of ether oxygens (including phenoxy) is 1. The van der Waals surface area contributed by atoms with Gasteiger partial charge in [0, 0.05) is 5.92 Å². The summed E-state index contributed by atoms with van der Waals surface area (Å²) in [5.74, 6) is 0.804. The summed E-state index contributed by atoms with van der Waals surface area (Å²) in [6, 6.07) is 0. The van der Waals surface area contributed by atoms with Crippen LogP contribution in [0, 0.1) is 5.92 Å². The van der Waals surface area contributed by atoms with Crippen LogP contribution in [0.15, 0.2) is 4.42 Å². The molecule has 2 rings (SSSR count). The Hall–Kier alpha value is -1.39. The largest absolute Gasteiger partial charge is 0.462 e. The maximum Gasteiger partial charge on any atom is 0.396 e. The molecule has 1 aromatic heterocycles. The van der Waals surface area contributed by atoms with Crippen molar-refractivity contribution >= 4 is 5.97 Å². The van der Waals surface area contributed by atoms with E-state index in [1.807, 2.05) is 0 Å². The minimum Gasteiger partial charge on any atom is -0.462 e. The molecule has 0 saturated heterocycles. The van der Waals surface area contributed by atoms with Crippen molar-refractivity contribution < 1.29 is 13.9 Å². The first kappa shape index (κ1) is 10.1. The molecule has 0 bridgehead atoms. The van der Waals surface area contributed by atoms with Gasteiger partial charge in [0.05, 0.1) is 7.11 Å². The molecule has 2 unspecified atom stereocenters. The van der Waals surface area contributed by atoms with Crippen LogP contribution in [0.3, 0.4) is 0 Å². The van der Waals surface area contributed by atoms with E-state index in [2.05, 4.69) is 21.9 Å². The van der Waals surface area contributed by atoms with Gasteiger partial charge in [-0.15, -0.1) is 10.2 Å². The molecule has 0 aliphatic heterocycles. The number of rotatable bonds is 2. The number of methoxy groups -OCH3 is 1. The van der Waals surface area contributed by atoms with Gasteiger partial charge in [0.2, 0.25) is 5.89 Å². The average Bonchev–Trinajstić information content (AvgIpc) is 2.84. The zero-order valence-electron chi connectivity index (χ0n) is 8.90. The summed E-state index contributed by atoms with van der Waals surface area (Å²) >= 11 is 0. The highest BCUT2D eigenvalue weighted by Gasteiger charge is 2.30. The minimum absolute atomic E-state index is 0.0494. The van der Waals surface area contributed by atoms with Crippen LogP contribution in [0.1, 0.15) is 48.7 Å². The normalized spacial score (nSPS) is 25.5. The smallest absolute Gasteiger partial charge is 0.396 e. The molecule has 15 heavy (non-hydrogen) atoms. The average molecular weight is 210 g/mol. The molecule has 1 heterocycles. The Bertz CT molecular complexity index is 361. The maximum atomic E-state index is 11.1. The van der Waals surface area contributed by atoms with Gasteiger partial charge in [-0.3, -0.25) is 0 Å². The second kappa shape index (κ2) is 4.00. The van der Waals surface area contributed by atoms with Crippen molar-refractivity contribution in [2.75, 3.05) is 7.11 Å². The number of hydrogen-bond donors (Lipinski definition) is 0. The summed E-state index contributed by atoms with van der Waals surface area (Å²) in [5.41, 5.74) is 0. The summed E-state index contributed by atoms with van der Waals surface area (Å²) in [5, 5.41) is 7.57. The van der Waals surface area contributed by atoms with E-state index in [1.54, 1.807) is 0 Å². The van der Waals surface area contributed by atoms with Crippen molar-refractivity contribution in [2.45, 2.75) is 32.1 Å². The first-order valence-electron chi connectivity index (χ1n) is 5.14. The Labute approximate surface area is 87.8 Å². The molecule has 0 N–H and O–H groups in total. The van der Waals surface area contributed by atoms with E-state index in [-0.39, 0.29) is 5.89 Å². The number of hydrogen-bond acceptors (Lipinski definition) is 5. The van der Waals surface area contributed by atoms with Crippen molar-refractivity contribution in [2.24, 2.45) is 5.92 Å². The molecule has 1 aliphatic rings. The highest BCUT2D eigenvalue weighted by atomic mass is 16.5. The summed E-state index contributed by atoms with van der Waals surface area (Å²) in [6.45, 7) is 2.17. The maximum absolute atomic E-state index is 11.1. The van der Waals surface area contributed by atoms with Crippen LogP contribution in [0.2, 0.25) is 0 Å². The minimum atomic E-state index is -0.570. The van der Waals surface area contributed by atoms with Crippen LogP contribution in [-0.2, 0) is 4.74 Å². The molecule has 0 spiro atoms. The van der Waals surface area contributed by atoms with Gasteiger partial charge < -0.3 is 9.15 Å². The molecule has 1 saturated carbocycles. The number of carbonyl (C=O) groups excluding carboxylic acids is 1. The Morgan fingerprint density at radius 3 is 2.87 bits per heavy atom. The monoisotopic (exact) mass is 210 g/mol. The molecule has 2 atom stereocenters. The third kappa shape index (κ3) is 1.86. The lowest BCUT2D eigenvalue weighted by molar-refractivity contribution is 0.0552. The predicted molar refractivity (Wildman–Crippen MR) is 51.4 cm³/mol. The molecular weight excluding hydrogens is 196 g/mol. The van der Waals surface area contributed by atoms with E-state index in [4.69, 9.17) is 4.42 Å². The van der Waals surface area contributed by atoms with Crippen molar-refractivity contribution in [1.29, 1.82) is 0 Å². The summed E-state index contributed by atoms with van der Waals surface area (Å²) in [7, 11) is 1.30. The molecule has 5 heteroatoms. The topological polar surface area (TPSA) is 65.2 Å². The third-order valence-electron chi connectivity index (χ3n) is 2.98. The van der Waals surface area contributed by atoms with Crippen LogP contribution in [0.25, 0.3) is 0 Å². The lowest BCUT2D eigenvalue weighted by Crippen LogP contribution is -2.02. The first-order valence-corrected chi connectivity index (χ1v) is 5.14. The van der Waals surface area contributed by atoms with Gasteiger partial charge in [0.25, 0.3) is 0 Å². The van der Waals surface area contributed by atoms with Gasteiger partial charge in [-0.2, -0.15) is 0 Å². The molecule has 5 nitrogen and oxygen atoms in total. The van der Waals surface area contributed by atoms with E-state index in [9.17, 15) is 4.79 Å². The van der Waals surface area contributed by atoms with Crippen LogP contribution >= 0.6 is 0 Å². The predicted octanol–water partition coefficient (Wildman–Crippen LogP) is 1.76. The van der Waals surface area contributed by atoms with Crippen molar-refractivity contribution in [3.05, 3.63) is 11.8 Å². The van der Waals surface area contributed by atoms with Gasteiger partial charge in [0.1, 0.15) is 0 Å². The zero-order chi connectivity index (χ0) is 10.8. The van der Waals surface area contributed by atoms with E-state index in [0.29, 0.717) is 17.7 Å². The SMILES string of the molecule is COC(=O)c1nnc(C2CCCC2C)o1. The number of aromatic nitrogens is 2. The van der Waals surface area contributed by atoms with E-state index < -0.39 is 5.97 Å².